The molecule has 3 rings (SSSR count). The largest absolute Gasteiger partial charge is 0.385 e. The van der Waals surface area contributed by atoms with E-state index in [2.05, 4.69) is 15.4 Å². The number of halogens is 1. The van der Waals surface area contributed by atoms with Crippen molar-refractivity contribution in [3.05, 3.63) is 90.2 Å². The van der Waals surface area contributed by atoms with Crippen molar-refractivity contribution in [2.45, 2.75) is 11.3 Å². The van der Waals surface area contributed by atoms with Gasteiger partial charge >= 0.3 is 0 Å². The molecule has 3 N–H and O–H groups in total. The van der Waals surface area contributed by atoms with E-state index < -0.39 is 15.8 Å². The zero-order chi connectivity index (χ0) is 21.4. The molecule has 8 heteroatoms. The number of benzene rings is 3. The molecule has 0 saturated heterocycles. The lowest BCUT2D eigenvalue weighted by Gasteiger charge is -2.10. The molecule has 0 bridgehead atoms. The lowest BCUT2D eigenvalue weighted by atomic mass is 10.2. The molecule has 30 heavy (non-hydrogen) atoms. The van der Waals surface area contributed by atoms with Gasteiger partial charge in [-0.15, -0.1) is 0 Å². The summed E-state index contributed by atoms with van der Waals surface area (Å²) in [5.74, 6) is -0.959. The van der Waals surface area contributed by atoms with Crippen molar-refractivity contribution >= 4 is 27.3 Å². The molecule has 156 valence electrons. The minimum atomic E-state index is -3.96. The van der Waals surface area contributed by atoms with E-state index in [1.54, 1.807) is 0 Å². The van der Waals surface area contributed by atoms with Crippen LogP contribution >= 0.6 is 0 Å². The Kier molecular flexibility index (Phi) is 7.03. The van der Waals surface area contributed by atoms with Gasteiger partial charge in [0.25, 0.3) is 15.9 Å². The maximum absolute atomic E-state index is 13.7. The Balaban J connectivity index is 1.50. The van der Waals surface area contributed by atoms with Crippen LogP contribution in [0.25, 0.3) is 0 Å². The van der Waals surface area contributed by atoms with Gasteiger partial charge in [-0.1, -0.05) is 30.3 Å². The summed E-state index contributed by atoms with van der Waals surface area (Å²) in [6.07, 6.45) is 0.736. The van der Waals surface area contributed by atoms with Gasteiger partial charge in [-0.05, 0) is 55.0 Å². The molecule has 0 unspecified atom stereocenters. The first-order chi connectivity index (χ1) is 14.5. The van der Waals surface area contributed by atoms with Crippen LogP contribution in [0.3, 0.4) is 0 Å². The molecule has 0 aliphatic heterocycles. The molecule has 0 radical (unpaired) electrons. The van der Waals surface area contributed by atoms with E-state index in [0.29, 0.717) is 18.7 Å². The molecule has 0 atom stereocenters. The third-order valence-electron chi connectivity index (χ3n) is 4.29. The van der Waals surface area contributed by atoms with Crippen molar-refractivity contribution in [2.24, 2.45) is 0 Å². The van der Waals surface area contributed by atoms with Crippen molar-refractivity contribution in [1.82, 2.24) is 5.32 Å². The molecular weight excluding hydrogens is 405 g/mol. The summed E-state index contributed by atoms with van der Waals surface area (Å²) in [5, 5.41) is 6.05. The number of amides is 1. The Morgan fingerprint density at radius 2 is 1.50 bits per heavy atom. The fourth-order valence-corrected chi connectivity index (χ4v) is 3.78. The maximum Gasteiger partial charge on any atom is 0.261 e. The zero-order valence-corrected chi connectivity index (χ0v) is 17.0. The van der Waals surface area contributed by atoms with Crippen LogP contribution in [0.1, 0.15) is 16.8 Å². The van der Waals surface area contributed by atoms with Crippen LogP contribution in [-0.4, -0.2) is 27.4 Å². The van der Waals surface area contributed by atoms with Crippen LogP contribution in [0.15, 0.2) is 83.8 Å². The number of carbonyl (C=O) groups excluding carboxylic acids is 1. The number of carbonyl (C=O) groups is 1. The van der Waals surface area contributed by atoms with Crippen molar-refractivity contribution in [2.75, 3.05) is 23.1 Å². The van der Waals surface area contributed by atoms with E-state index in [1.807, 2.05) is 30.3 Å². The highest BCUT2D eigenvalue weighted by Crippen LogP contribution is 2.19. The van der Waals surface area contributed by atoms with E-state index in [0.717, 1.165) is 12.1 Å². The van der Waals surface area contributed by atoms with Crippen LogP contribution < -0.4 is 15.4 Å². The highest BCUT2D eigenvalue weighted by Gasteiger charge is 2.16. The minimum Gasteiger partial charge on any atom is -0.385 e. The number of anilines is 2. The predicted molar refractivity (Wildman–Crippen MR) is 116 cm³/mol. The molecule has 0 aliphatic rings. The first-order valence-electron chi connectivity index (χ1n) is 9.40. The first-order valence-corrected chi connectivity index (χ1v) is 10.9. The smallest absolute Gasteiger partial charge is 0.261 e. The zero-order valence-electron chi connectivity index (χ0n) is 16.1. The maximum atomic E-state index is 13.7. The van der Waals surface area contributed by atoms with Crippen LogP contribution in [0.5, 0.6) is 0 Å². The standard InChI is InChI=1S/C22H22FN3O3S/c23-20-9-4-5-10-21(20)26-30(28,29)19-13-11-17(12-14-19)22(27)25-16-6-15-24-18-7-2-1-3-8-18/h1-5,7-14,24,26H,6,15-16H2,(H,25,27). The van der Waals surface area contributed by atoms with E-state index in [4.69, 9.17) is 0 Å². The molecule has 6 nitrogen and oxygen atoms in total. The third kappa shape index (κ3) is 5.81. The van der Waals surface area contributed by atoms with E-state index in [9.17, 15) is 17.6 Å². The fraction of sp³-hybridized carbons (Fsp3) is 0.136. The summed E-state index contributed by atoms with van der Waals surface area (Å²) in [6.45, 7) is 1.19. The molecule has 0 heterocycles. The third-order valence-corrected chi connectivity index (χ3v) is 5.67. The monoisotopic (exact) mass is 427 g/mol. The van der Waals surface area contributed by atoms with Crippen molar-refractivity contribution < 1.29 is 17.6 Å². The Bertz CT molecular complexity index is 1090. The predicted octanol–water partition coefficient (Wildman–Crippen LogP) is 3.86. The average molecular weight is 428 g/mol. The topological polar surface area (TPSA) is 87.3 Å². The normalized spacial score (nSPS) is 11.0. The SMILES string of the molecule is O=C(NCCCNc1ccccc1)c1ccc(S(=O)(=O)Nc2ccccc2F)cc1. The second-order valence-electron chi connectivity index (χ2n) is 6.51. The van der Waals surface area contributed by atoms with Gasteiger partial charge in [0.05, 0.1) is 10.6 Å². The average Bonchev–Trinajstić information content (AvgIpc) is 2.76. The summed E-state index contributed by atoms with van der Waals surface area (Å²) < 4.78 is 40.7. The number of hydrogen-bond donors (Lipinski definition) is 3. The highest BCUT2D eigenvalue weighted by atomic mass is 32.2. The quantitative estimate of drug-likeness (QED) is 0.453. The summed E-state index contributed by atoms with van der Waals surface area (Å²) in [7, 11) is -3.96. The van der Waals surface area contributed by atoms with E-state index in [-0.39, 0.29) is 16.5 Å². The van der Waals surface area contributed by atoms with E-state index >= 15 is 0 Å². The molecule has 0 saturated carbocycles. The van der Waals surface area contributed by atoms with Gasteiger partial charge in [-0.3, -0.25) is 9.52 Å². The van der Waals surface area contributed by atoms with Crippen LogP contribution in [0, 0.1) is 5.82 Å². The summed E-state index contributed by atoms with van der Waals surface area (Å²) in [5.41, 5.74) is 1.23. The Morgan fingerprint density at radius 1 is 0.833 bits per heavy atom. The second kappa shape index (κ2) is 9.89. The number of para-hydroxylation sites is 2. The summed E-state index contributed by atoms with van der Waals surface area (Å²) in [4.78, 5) is 12.2. The molecular formula is C22H22FN3O3S. The van der Waals surface area contributed by atoms with Crippen LogP contribution in [-0.2, 0) is 10.0 Å². The lowest BCUT2D eigenvalue weighted by Crippen LogP contribution is -2.26. The fourth-order valence-electron chi connectivity index (χ4n) is 2.71. The number of sulfonamides is 1. The van der Waals surface area contributed by atoms with Gasteiger partial charge in [0.15, 0.2) is 0 Å². The summed E-state index contributed by atoms with van der Waals surface area (Å²) >= 11 is 0. The Labute approximate surface area is 175 Å². The van der Waals surface area contributed by atoms with Gasteiger partial charge in [0.1, 0.15) is 5.82 Å². The number of hydrogen-bond acceptors (Lipinski definition) is 4. The number of rotatable bonds is 9. The molecule has 0 fully saturated rings. The van der Waals surface area contributed by atoms with Crippen molar-refractivity contribution in [3.8, 4) is 0 Å². The Hall–Kier alpha value is -3.39. The lowest BCUT2D eigenvalue weighted by molar-refractivity contribution is 0.0953. The van der Waals surface area contributed by atoms with Crippen LogP contribution in [0.2, 0.25) is 0 Å². The molecule has 3 aromatic carbocycles. The van der Waals surface area contributed by atoms with Gasteiger partial charge in [0.2, 0.25) is 0 Å². The van der Waals surface area contributed by atoms with Gasteiger partial charge in [-0.2, -0.15) is 0 Å². The number of nitrogens with one attached hydrogen (secondary N) is 3. The molecule has 3 aromatic rings. The van der Waals surface area contributed by atoms with Crippen molar-refractivity contribution in [1.29, 1.82) is 0 Å². The summed E-state index contributed by atoms with van der Waals surface area (Å²) in [6, 6.07) is 20.7. The van der Waals surface area contributed by atoms with Gasteiger partial charge in [0, 0.05) is 24.3 Å². The minimum absolute atomic E-state index is 0.0608. The van der Waals surface area contributed by atoms with E-state index in [1.165, 1.54) is 48.5 Å². The van der Waals surface area contributed by atoms with Gasteiger partial charge in [-0.25, -0.2) is 12.8 Å². The first kappa shape index (κ1) is 21.3. The Morgan fingerprint density at radius 3 is 2.20 bits per heavy atom. The molecule has 0 aromatic heterocycles. The molecule has 0 spiro atoms. The van der Waals surface area contributed by atoms with Crippen LogP contribution in [0.4, 0.5) is 15.8 Å². The molecule has 0 aliphatic carbocycles. The molecule has 1 amide bonds. The van der Waals surface area contributed by atoms with Gasteiger partial charge < -0.3 is 10.6 Å². The second-order valence-corrected chi connectivity index (χ2v) is 8.19. The van der Waals surface area contributed by atoms with Crippen molar-refractivity contribution in [3.63, 3.8) is 0 Å². The highest BCUT2D eigenvalue weighted by molar-refractivity contribution is 7.92.